The zero-order chi connectivity index (χ0) is 16.9. The van der Waals surface area contributed by atoms with Crippen LogP contribution in [0.2, 0.25) is 0 Å². The molecule has 0 radical (unpaired) electrons. The van der Waals surface area contributed by atoms with Crippen molar-refractivity contribution in [2.45, 2.75) is 18.7 Å². The highest BCUT2D eigenvalue weighted by Gasteiger charge is 2.15. The molecule has 0 unspecified atom stereocenters. The Balaban J connectivity index is 1.55. The van der Waals surface area contributed by atoms with E-state index in [1.54, 1.807) is 18.9 Å². The molecule has 0 bridgehead atoms. The minimum absolute atomic E-state index is 0.0616. The van der Waals surface area contributed by atoms with E-state index in [0.29, 0.717) is 23.4 Å². The lowest BCUT2D eigenvalue weighted by Crippen LogP contribution is -2.27. The molecular formula is C16H16N4O3S. The first-order valence-electron chi connectivity index (χ1n) is 7.29. The molecule has 0 aliphatic carbocycles. The number of aryl methyl sites for hydroxylation is 1. The molecule has 0 spiro atoms. The van der Waals surface area contributed by atoms with Crippen LogP contribution in [0.5, 0.6) is 0 Å². The van der Waals surface area contributed by atoms with Crippen molar-refractivity contribution >= 4 is 17.7 Å². The minimum Gasteiger partial charge on any atom is -0.416 e. The second-order valence-corrected chi connectivity index (χ2v) is 6.10. The molecule has 0 aliphatic rings. The molecule has 0 aliphatic heterocycles. The van der Waals surface area contributed by atoms with E-state index in [1.165, 1.54) is 11.8 Å². The molecule has 7 nitrogen and oxygen atoms in total. The molecule has 0 saturated carbocycles. The molecule has 2 aromatic heterocycles. The van der Waals surface area contributed by atoms with E-state index >= 15 is 0 Å². The van der Waals surface area contributed by atoms with E-state index in [9.17, 15) is 4.79 Å². The third-order valence-electron chi connectivity index (χ3n) is 3.27. The molecule has 1 aromatic carbocycles. The van der Waals surface area contributed by atoms with Gasteiger partial charge in [0.05, 0.1) is 12.3 Å². The summed E-state index contributed by atoms with van der Waals surface area (Å²) in [4.78, 5) is 13.7. The lowest BCUT2D eigenvalue weighted by molar-refractivity contribution is -0.127. The van der Waals surface area contributed by atoms with Crippen LogP contribution >= 0.6 is 11.8 Å². The van der Waals surface area contributed by atoms with Crippen LogP contribution in [0.4, 0.5) is 0 Å². The third kappa shape index (κ3) is 4.02. The largest absolute Gasteiger partial charge is 0.416 e. The van der Waals surface area contributed by atoms with Crippen LogP contribution in [0.25, 0.3) is 11.3 Å². The Morgan fingerprint density at radius 3 is 2.75 bits per heavy atom. The maximum absolute atomic E-state index is 12.2. The Labute approximate surface area is 143 Å². The molecule has 0 N–H and O–H groups in total. The van der Waals surface area contributed by atoms with Gasteiger partial charge in [0.1, 0.15) is 5.69 Å². The van der Waals surface area contributed by atoms with Crippen molar-refractivity contribution < 1.29 is 13.7 Å². The van der Waals surface area contributed by atoms with Gasteiger partial charge < -0.3 is 13.8 Å². The lowest BCUT2D eigenvalue weighted by Gasteiger charge is -2.14. The second-order valence-electron chi connectivity index (χ2n) is 5.17. The Kier molecular flexibility index (Phi) is 4.95. The number of carbonyl (C=O) groups is 1. The van der Waals surface area contributed by atoms with E-state index in [0.717, 1.165) is 11.3 Å². The maximum Gasteiger partial charge on any atom is 0.277 e. The van der Waals surface area contributed by atoms with Crippen molar-refractivity contribution in [3.05, 3.63) is 48.0 Å². The first kappa shape index (κ1) is 16.3. The van der Waals surface area contributed by atoms with Gasteiger partial charge in [0, 0.05) is 25.6 Å². The Morgan fingerprint density at radius 2 is 2.04 bits per heavy atom. The summed E-state index contributed by atoms with van der Waals surface area (Å²) in [5.74, 6) is 1.27. The molecule has 1 amide bonds. The first-order chi connectivity index (χ1) is 11.6. The number of rotatable bonds is 6. The summed E-state index contributed by atoms with van der Waals surface area (Å²) in [5.41, 5.74) is 1.73. The lowest BCUT2D eigenvalue weighted by atomic mass is 10.1. The van der Waals surface area contributed by atoms with Crippen molar-refractivity contribution in [2.24, 2.45) is 0 Å². The number of thioether (sulfide) groups is 1. The smallest absolute Gasteiger partial charge is 0.277 e. The zero-order valence-corrected chi connectivity index (χ0v) is 14.1. The summed E-state index contributed by atoms with van der Waals surface area (Å²) in [6.45, 7) is 2.06. The zero-order valence-electron chi connectivity index (χ0n) is 13.3. The van der Waals surface area contributed by atoms with E-state index in [2.05, 4.69) is 15.4 Å². The summed E-state index contributed by atoms with van der Waals surface area (Å²) in [7, 11) is 1.71. The topological polar surface area (TPSA) is 85.3 Å². The molecule has 124 valence electrons. The third-order valence-corrected chi connectivity index (χ3v) is 4.08. The molecule has 0 atom stereocenters. The number of carbonyl (C=O) groups excluding carboxylic acids is 1. The second kappa shape index (κ2) is 7.31. The summed E-state index contributed by atoms with van der Waals surface area (Å²) in [5, 5.41) is 12.0. The van der Waals surface area contributed by atoms with E-state index in [1.807, 2.05) is 36.4 Å². The molecular weight excluding hydrogens is 328 g/mol. The Bertz CT molecular complexity index is 816. The van der Waals surface area contributed by atoms with Gasteiger partial charge in [-0.05, 0) is 0 Å². The standard InChI is InChI=1S/C16H16N4O3S/c1-11-17-18-16(22-11)24-10-15(21)20(2)9-13-8-14(19-23-13)12-6-4-3-5-7-12/h3-8H,9-10H2,1-2H3. The molecule has 3 rings (SSSR count). The fourth-order valence-corrected chi connectivity index (χ4v) is 2.77. The highest BCUT2D eigenvalue weighted by atomic mass is 32.2. The van der Waals surface area contributed by atoms with Gasteiger partial charge in [-0.3, -0.25) is 4.79 Å². The monoisotopic (exact) mass is 344 g/mol. The van der Waals surface area contributed by atoms with Gasteiger partial charge >= 0.3 is 0 Å². The summed E-state index contributed by atoms with van der Waals surface area (Å²) in [6, 6.07) is 11.6. The van der Waals surface area contributed by atoms with E-state index in [-0.39, 0.29) is 11.7 Å². The number of hydrogen-bond donors (Lipinski definition) is 0. The Hall–Kier alpha value is -2.61. The molecule has 24 heavy (non-hydrogen) atoms. The quantitative estimate of drug-likeness (QED) is 0.636. The number of aromatic nitrogens is 3. The van der Waals surface area contributed by atoms with Crippen molar-refractivity contribution in [1.29, 1.82) is 0 Å². The van der Waals surface area contributed by atoms with Crippen molar-refractivity contribution in [2.75, 3.05) is 12.8 Å². The molecule has 2 heterocycles. The van der Waals surface area contributed by atoms with Gasteiger partial charge in [0.15, 0.2) is 5.76 Å². The number of amides is 1. The van der Waals surface area contributed by atoms with Gasteiger partial charge in [-0.15, -0.1) is 10.2 Å². The predicted octanol–water partition coefficient (Wildman–Crippen LogP) is 2.78. The van der Waals surface area contributed by atoms with Gasteiger partial charge in [0.2, 0.25) is 11.8 Å². The number of nitrogens with zero attached hydrogens (tertiary/aromatic N) is 4. The molecule has 0 saturated heterocycles. The predicted molar refractivity (Wildman–Crippen MR) is 88.2 cm³/mol. The van der Waals surface area contributed by atoms with Gasteiger partial charge in [-0.2, -0.15) is 0 Å². The number of hydrogen-bond acceptors (Lipinski definition) is 7. The SMILES string of the molecule is Cc1nnc(SCC(=O)N(C)Cc2cc(-c3ccccc3)no2)o1. The van der Waals surface area contributed by atoms with Gasteiger partial charge in [0.25, 0.3) is 5.22 Å². The summed E-state index contributed by atoms with van der Waals surface area (Å²) < 4.78 is 10.5. The van der Waals surface area contributed by atoms with Crippen LogP contribution in [-0.2, 0) is 11.3 Å². The average Bonchev–Trinajstić information content (AvgIpc) is 3.22. The minimum atomic E-state index is -0.0616. The van der Waals surface area contributed by atoms with Crippen LogP contribution in [0.3, 0.4) is 0 Å². The molecule has 8 heteroatoms. The fraction of sp³-hybridized carbons (Fsp3) is 0.250. The van der Waals surface area contributed by atoms with Crippen molar-refractivity contribution in [3.63, 3.8) is 0 Å². The summed E-state index contributed by atoms with van der Waals surface area (Å²) >= 11 is 1.21. The van der Waals surface area contributed by atoms with Gasteiger partial charge in [-0.25, -0.2) is 0 Å². The van der Waals surface area contributed by atoms with E-state index < -0.39 is 0 Å². The van der Waals surface area contributed by atoms with Crippen LogP contribution in [0, 0.1) is 6.92 Å². The van der Waals surface area contributed by atoms with Crippen LogP contribution in [0.15, 0.2) is 50.6 Å². The van der Waals surface area contributed by atoms with Gasteiger partial charge in [-0.1, -0.05) is 47.3 Å². The highest BCUT2D eigenvalue weighted by molar-refractivity contribution is 7.99. The van der Waals surface area contributed by atoms with E-state index in [4.69, 9.17) is 8.94 Å². The van der Waals surface area contributed by atoms with Crippen molar-refractivity contribution in [1.82, 2.24) is 20.3 Å². The number of benzene rings is 1. The average molecular weight is 344 g/mol. The van der Waals surface area contributed by atoms with Crippen molar-refractivity contribution in [3.8, 4) is 11.3 Å². The van der Waals surface area contributed by atoms with Crippen LogP contribution in [0.1, 0.15) is 11.7 Å². The van der Waals surface area contributed by atoms with Crippen LogP contribution in [-0.4, -0.2) is 39.0 Å². The molecule has 0 fully saturated rings. The Morgan fingerprint density at radius 1 is 1.25 bits per heavy atom. The normalized spacial score (nSPS) is 10.8. The first-order valence-corrected chi connectivity index (χ1v) is 8.28. The molecule has 3 aromatic rings. The summed E-state index contributed by atoms with van der Waals surface area (Å²) in [6.07, 6.45) is 0. The maximum atomic E-state index is 12.2. The van der Waals surface area contributed by atoms with Crippen LogP contribution < -0.4 is 0 Å². The fourth-order valence-electron chi connectivity index (χ4n) is 2.02. The highest BCUT2D eigenvalue weighted by Crippen LogP contribution is 2.20.